The maximum absolute atomic E-state index is 13.0. The predicted molar refractivity (Wildman–Crippen MR) is 120 cm³/mol. The second kappa shape index (κ2) is 8.55. The van der Waals surface area contributed by atoms with Crippen LogP contribution >= 0.6 is 0 Å². The van der Waals surface area contributed by atoms with Gasteiger partial charge < -0.3 is 10.1 Å². The minimum atomic E-state index is -3.10. The number of sulfone groups is 1. The molecule has 2 heterocycles. The number of carbonyl (C=O) groups is 1. The van der Waals surface area contributed by atoms with Crippen LogP contribution in [-0.4, -0.2) is 42.7 Å². The third-order valence-corrected chi connectivity index (χ3v) is 7.31. The molecule has 31 heavy (non-hydrogen) atoms. The summed E-state index contributed by atoms with van der Waals surface area (Å²) in [4.78, 5) is 13.0. The maximum Gasteiger partial charge on any atom is 0.276 e. The Bertz CT molecular complexity index is 1200. The van der Waals surface area contributed by atoms with Gasteiger partial charge in [-0.25, -0.2) is 8.42 Å². The number of carbonyl (C=O) groups excluding carboxylic acids is 1. The number of benzene rings is 2. The number of aryl methyl sites for hydroxylation is 1. The van der Waals surface area contributed by atoms with Crippen molar-refractivity contribution in [2.45, 2.75) is 25.8 Å². The lowest BCUT2D eigenvalue weighted by Gasteiger charge is -2.13. The fourth-order valence-electron chi connectivity index (χ4n) is 3.87. The summed E-state index contributed by atoms with van der Waals surface area (Å²) in [5, 5.41) is 7.48. The summed E-state index contributed by atoms with van der Waals surface area (Å²) < 4.78 is 31.0. The van der Waals surface area contributed by atoms with Crippen LogP contribution in [0.1, 0.15) is 35.4 Å². The molecule has 1 aromatic heterocycles. The summed E-state index contributed by atoms with van der Waals surface area (Å²) in [6.45, 7) is 2.03. The molecule has 0 radical (unpaired) electrons. The molecule has 1 atom stereocenters. The number of aromatic nitrogens is 2. The zero-order valence-electron chi connectivity index (χ0n) is 17.5. The molecule has 0 saturated carbocycles. The zero-order chi connectivity index (χ0) is 22.0. The summed E-state index contributed by atoms with van der Waals surface area (Å²) in [7, 11) is -1.51. The highest BCUT2D eigenvalue weighted by Gasteiger charge is 2.32. The molecule has 4 rings (SSSR count). The number of anilines is 1. The molecular weight excluding hydrogens is 414 g/mol. The lowest BCUT2D eigenvalue weighted by atomic mass is 10.1. The summed E-state index contributed by atoms with van der Waals surface area (Å²) in [6, 6.07) is 16.5. The monoisotopic (exact) mass is 439 g/mol. The predicted octanol–water partition coefficient (Wildman–Crippen LogP) is 3.73. The van der Waals surface area contributed by atoms with Crippen LogP contribution in [0.4, 0.5) is 5.69 Å². The largest absolute Gasteiger partial charge is 0.497 e. The van der Waals surface area contributed by atoms with Gasteiger partial charge in [0.25, 0.3) is 5.91 Å². The lowest BCUT2D eigenvalue weighted by molar-refractivity contribution is 0.102. The number of nitrogens with one attached hydrogen (secondary N) is 1. The standard InChI is InChI=1S/C23H25N3O4S/c1-3-16-6-4-5-7-20(16)24-23(27)21-14-22(17-8-10-19(30-2)11-9-17)26(25-21)18-12-13-31(28,29)15-18/h4-11,14,18H,3,12-13,15H2,1-2H3,(H,24,27). The smallest absolute Gasteiger partial charge is 0.276 e. The van der Waals surface area contributed by atoms with Gasteiger partial charge in [0.05, 0.1) is 30.4 Å². The van der Waals surface area contributed by atoms with Gasteiger partial charge in [-0.15, -0.1) is 0 Å². The summed E-state index contributed by atoms with van der Waals surface area (Å²) in [5.41, 5.74) is 3.58. The molecule has 1 fully saturated rings. The van der Waals surface area contributed by atoms with Crippen molar-refractivity contribution in [2.75, 3.05) is 23.9 Å². The first-order chi connectivity index (χ1) is 14.9. The molecule has 2 aromatic carbocycles. The van der Waals surface area contributed by atoms with Gasteiger partial charge in [0.15, 0.2) is 15.5 Å². The first-order valence-corrected chi connectivity index (χ1v) is 12.1. The van der Waals surface area contributed by atoms with Gasteiger partial charge in [-0.2, -0.15) is 5.10 Å². The number of rotatable bonds is 6. The number of amides is 1. The number of ether oxygens (including phenoxy) is 1. The van der Waals surface area contributed by atoms with Crippen molar-refractivity contribution in [3.05, 3.63) is 65.9 Å². The van der Waals surface area contributed by atoms with Crippen molar-refractivity contribution in [1.29, 1.82) is 0 Å². The van der Waals surface area contributed by atoms with Crippen LogP contribution in [-0.2, 0) is 16.3 Å². The van der Waals surface area contributed by atoms with Crippen molar-refractivity contribution >= 4 is 21.4 Å². The summed E-state index contributed by atoms with van der Waals surface area (Å²) >= 11 is 0. The van der Waals surface area contributed by atoms with E-state index < -0.39 is 9.84 Å². The summed E-state index contributed by atoms with van der Waals surface area (Å²) in [6.07, 6.45) is 1.27. The molecule has 0 aliphatic carbocycles. The van der Waals surface area contributed by atoms with Gasteiger partial charge in [-0.3, -0.25) is 9.48 Å². The first-order valence-electron chi connectivity index (χ1n) is 10.2. The fourth-order valence-corrected chi connectivity index (χ4v) is 5.56. The second-order valence-electron chi connectivity index (χ2n) is 7.61. The zero-order valence-corrected chi connectivity index (χ0v) is 18.4. The molecule has 7 nitrogen and oxygen atoms in total. The number of para-hydroxylation sites is 1. The Hall–Kier alpha value is -3.13. The maximum atomic E-state index is 13.0. The number of nitrogens with zero attached hydrogens (tertiary/aromatic N) is 2. The third-order valence-electron chi connectivity index (χ3n) is 5.55. The highest BCUT2D eigenvalue weighted by molar-refractivity contribution is 7.91. The van der Waals surface area contributed by atoms with Gasteiger partial charge >= 0.3 is 0 Å². The van der Waals surface area contributed by atoms with Crippen LogP contribution in [0, 0.1) is 0 Å². The van der Waals surface area contributed by atoms with E-state index >= 15 is 0 Å². The van der Waals surface area contributed by atoms with E-state index in [0.29, 0.717) is 17.9 Å². The van der Waals surface area contributed by atoms with Gasteiger partial charge in [0, 0.05) is 11.3 Å². The van der Waals surface area contributed by atoms with E-state index in [2.05, 4.69) is 10.4 Å². The Morgan fingerprint density at radius 2 is 1.94 bits per heavy atom. The Morgan fingerprint density at radius 1 is 1.19 bits per heavy atom. The van der Waals surface area contributed by atoms with Crippen molar-refractivity contribution in [3.8, 4) is 17.0 Å². The third kappa shape index (κ3) is 4.49. The van der Waals surface area contributed by atoms with Crippen LogP contribution in [0.5, 0.6) is 5.75 Å². The van der Waals surface area contributed by atoms with Crippen molar-refractivity contribution in [1.82, 2.24) is 9.78 Å². The fraction of sp³-hybridized carbons (Fsp3) is 0.304. The Kier molecular flexibility index (Phi) is 5.82. The van der Waals surface area contributed by atoms with E-state index in [1.807, 2.05) is 55.5 Å². The molecule has 1 aliphatic rings. The van der Waals surface area contributed by atoms with Gasteiger partial charge in [-0.05, 0) is 54.8 Å². The molecule has 8 heteroatoms. The molecule has 1 N–H and O–H groups in total. The highest BCUT2D eigenvalue weighted by Crippen LogP contribution is 2.31. The van der Waals surface area contributed by atoms with Gasteiger partial charge in [-0.1, -0.05) is 25.1 Å². The van der Waals surface area contributed by atoms with Crippen LogP contribution < -0.4 is 10.1 Å². The minimum absolute atomic E-state index is 0.0254. The van der Waals surface area contributed by atoms with E-state index in [9.17, 15) is 13.2 Å². The normalized spacial score (nSPS) is 17.4. The van der Waals surface area contributed by atoms with Crippen molar-refractivity contribution in [3.63, 3.8) is 0 Å². The topological polar surface area (TPSA) is 90.3 Å². The Morgan fingerprint density at radius 3 is 2.58 bits per heavy atom. The number of methoxy groups -OCH3 is 1. The highest BCUT2D eigenvalue weighted by atomic mass is 32.2. The summed E-state index contributed by atoms with van der Waals surface area (Å²) in [5.74, 6) is 0.547. The molecule has 162 valence electrons. The first kappa shape index (κ1) is 21.1. The molecule has 1 aliphatic heterocycles. The van der Waals surface area contributed by atoms with E-state index in [1.54, 1.807) is 17.9 Å². The van der Waals surface area contributed by atoms with Crippen LogP contribution in [0.25, 0.3) is 11.3 Å². The van der Waals surface area contributed by atoms with Crippen molar-refractivity contribution in [2.24, 2.45) is 0 Å². The Balaban J connectivity index is 1.71. The molecule has 1 saturated heterocycles. The molecular formula is C23H25N3O4S. The lowest BCUT2D eigenvalue weighted by Crippen LogP contribution is -2.17. The molecule has 0 spiro atoms. The van der Waals surface area contributed by atoms with Crippen molar-refractivity contribution < 1.29 is 17.9 Å². The van der Waals surface area contributed by atoms with Gasteiger partial charge in [0.2, 0.25) is 0 Å². The van der Waals surface area contributed by atoms with Gasteiger partial charge in [0.1, 0.15) is 5.75 Å². The van der Waals surface area contributed by atoms with E-state index in [0.717, 1.165) is 23.2 Å². The SMILES string of the molecule is CCc1ccccc1NC(=O)c1cc(-c2ccc(OC)cc2)n(C2CCS(=O)(=O)C2)n1. The second-order valence-corrected chi connectivity index (χ2v) is 9.84. The average molecular weight is 440 g/mol. The van der Waals surface area contributed by atoms with E-state index in [4.69, 9.17) is 4.74 Å². The minimum Gasteiger partial charge on any atom is -0.497 e. The molecule has 3 aromatic rings. The Labute approximate surface area is 182 Å². The molecule has 1 amide bonds. The quantitative estimate of drug-likeness (QED) is 0.632. The van der Waals surface area contributed by atoms with Crippen LogP contribution in [0.15, 0.2) is 54.6 Å². The molecule has 0 bridgehead atoms. The van der Waals surface area contributed by atoms with E-state index in [1.165, 1.54) is 0 Å². The van der Waals surface area contributed by atoms with E-state index in [-0.39, 0.29) is 29.1 Å². The van der Waals surface area contributed by atoms with Crippen LogP contribution in [0.3, 0.4) is 0 Å². The molecule has 1 unspecified atom stereocenters. The number of hydrogen-bond donors (Lipinski definition) is 1. The average Bonchev–Trinajstić information content (AvgIpc) is 3.37. The number of hydrogen-bond acceptors (Lipinski definition) is 5. The van der Waals surface area contributed by atoms with Crippen LogP contribution in [0.2, 0.25) is 0 Å².